The van der Waals surface area contributed by atoms with Crippen LogP contribution in [0.3, 0.4) is 0 Å². The largest absolute Gasteiger partial charge is 0.512 e. The van der Waals surface area contributed by atoms with Gasteiger partial charge in [-0.3, -0.25) is 0 Å². The lowest BCUT2D eigenvalue weighted by molar-refractivity contribution is -0.139. The minimum atomic E-state index is -0.397. The Kier molecular flexibility index (Phi) is 7.78. The van der Waals surface area contributed by atoms with Gasteiger partial charge in [-0.25, -0.2) is 4.79 Å². The van der Waals surface area contributed by atoms with E-state index in [0.717, 1.165) is 12.8 Å². The maximum absolute atomic E-state index is 11.3. The highest BCUT2D eigenvalue weighted by atomic mass is 16.5. The molecular formula is C12H22O3. The van der Waals surface area contributed by atoms with Crippen molar-refractivity contribution in [3.63, 3.8) is 0 Å². The van der Waals surface area contributed by atoms with E-state index in [2.05, 4.69) is 6.92 Å². The van der Waals surface area contributed by atoms with Gasteiger partial charge >= 0.3 is 5.97 Å². The maximum Gasteiger partial charge on any atom is 0.337 e. The summed E-state index contributed by atoms with van der Waals surface area (Å²) in [4.78, 5) is 11.3. The number of carbonyl (C=O) groups is 1. The minimum Gasteiger partial charge on any atom is -0.512 e. The molecule has 0 aliphatic heterocycles. The number of allylic oxidation sites excluding steroid dienone is 1. The summed E-state index contributed by atoms with van der Waals surface area (Å²) in [7, 11) is 0. The molecule has 0 radical (unpaired) electrons. The van der Waals surface area contributed by atoms with E-state index in [-0.39, 0.29) is 5.76 Å². The molecule has 0 aromatic heterocycles. The van der Waals surface area contributed by atoms with Gasteiger partial charge in [0.2, 0.25) is 0 Å². The number of aliphatic hydroxyl groups excluding tert-OH is 1. The third-order valence-corrected chi connectivity index (χ3v) is 2.30. The van der Waals surface area contributed by atoms with Crippen molar-refractivity contribution in [2.24, 2.45) is 0 Å². The van der Waals surface area contributed by atoms with E-state index in [0.29, 0.717) is 18.6 Å². The van der Waals surface area contributed by atoms with Crippen LogP contribution in [0.25, 0.3) is 0 Å². The molecule has 0 aromatic rings. The fourth-order valence-electron chi connectivity index (χ4n) is 1.18. The van der Waals surface area contributed by atoms with Crippen molar-refractivity contribution in [2.45, 2.75) is 52.9 Å². The third-order valence-electron chi connectivity index (χ3n) is 2.30. The fourth-order valence-corrected chi connectivity index (χ4v) is 1.18. The van der Waals surface area contributed by atoms with Gasteiger partial charge in [0.05, 0.1) is 12.2 Å². The summed E-state index contributed by atoms with van der Waals surface area (Å²) >= 11 is 0. The highest BCUT2D eigenvalue weighted by Crippen LogP contribution is 2.07. The number of aliphatic hydroxyl groups is 1. The van der Waals surface area contributed by atoms with Gasteiger partial charge in [-0.2, -0.15) is 0 Å². The Bertz CT molecular complexity index is 219. The van der Waals surface area contributed by atoms with Crippen molar-refractivity contribution in [1.29, 1.82) is 0 Å². The summed E-state index contributed by atoms with van der Waals surface area (Å²) < 4.78 is 5.02. The molecule has 0 aromatic carbocycles. The average molecular weight is 214 g/mol. The molecule has 0 spiro atoms. The number of hydrogen-bond acceptors (Lipinski definition) is 3. The molecule has 0 saturated heterocycles. The second-order valence-corrected chi connectivity index (χ2v) is 3.62. The summed E-state index contributed by atoms with van der Waals surface area (Å²) in [6.45, 7) is 5.98. The standard InChI is InChI=1S/C12H22O3/c1-4-6-7-8-9-15-12(14)10(3)11(13)5-2/h13H,4-9H2,1-3H3. The molecule has 0 fully saturated rings. The Morgan fingerprint density at radius 2 is 1.87 bits per heavy atom. The lowest BCUT2D eigenvalue weighted by Crippen LogP contribution is -2.09. The summed E-state index contributed by atoms with van der Waals surface area (Å²) in [6.07, 6.45) is 4.80. The van der Waals surface area contributed by atoms with Crippen LogP contribution in [0.2, 0.25) is 0 Å². The Labute approximate surface area is 92.1 Å². The van der Waals surface area contributed by atoms with Gasteiger partial charge < -0.3 is 9.84 Å². The second kappa shape index (κ2) is 8.33. The number of carbonyl (C=O) groups excluding carboxylic acids is 1. The van der Waals surface area contributed by atoms with Crippen LogP contribution in [0.5, 0.6) is 0 Å². The molecule has 0 heterocycles. The molecule has 0 saturated carbocycles. The van der Waals surface area contributed by atoms with Crippen LogP contribution in [0, 0.1) is 0 Å². The van der Waals surface area contributed by atoms with Gasteiger partial charge in [-0.15, -0.1) is 0 Å². The summed E-state index contributed by atoms with van der Waals surface area (Å²) in [5.74, 6) is -0.278. The highest BCUT2D eigenvalue weighted by molar-refractivity contribution is 5.88. The molecule has 0 amide bonds. The van der Waals surface area contributed by atoms with Gasteiger partial charge in [0.1, 0.15) is 5.76 Å². The molecule has 0 aliphatic carbocycles. The molecule has 1 N–H and O–H groups in total. The quantitative estimate of drug-likeness (QED) is 0.306. The van der Waals surface area contributed by atoms with E-state index in [1.165, 1.54) is 12.8 Å². The van der Waals surface area contributed by atoms with Gasteiger partial charge in [0.15, 0.2) is 0 Å². The van der Waals surface area contributed by atoms with Crippen LogP contribution in [-0.4, -0.2) is 17.7 Å². The monoisotopic (exact) mass is 214 g/mol. The van der Waals surface area contributed by atoms with E-state index in [9.17, 15) is 9.90 Å². The molecule has 3 nitrogen and oxygen atoms in total. The first-order valence-electron chi connectivity index (χ1n) is 5.69. The first kappa shape index (κ1) is 14.0. The number of ether oxygens (including phenoxy) is 1. The molecule has 88 valence electrons. The van der Waals surface area contributed by atoms with Crippen molar-refractivity contribution < 1.29 is 14.6 Å². The highest BCUT2D eigenvalue weighted by Gasteiger charge is 2.09. The van der Waals surface area contributed by atoms with Crippen LogP contribution in [0.15, 0.2) is 11.3 Å². The first-order chi connectivity index (χ1) is 7.13. The predicted octanol–water partition coefficient (Wildman–Crippen LogP) is 3.35. The third kappa shape index (κ3) is 6.15. The van der Waals surface area contributed by atoms with Gasteiger partial charge in [-0.1, -0.05) is 33.1 Å². The van der Waals surface area contributed by atoms with Crippen LogP contribution < -0.4 is 0 Å². The average Bonchev–Trinajstić information content (AvgIpc) is 2.26. The molecule has 3 heteroatoms. The number of rotatable bonds is 7. The Balaban J connectivity index is 3.75. The second-order valence-electron chi connectivity index (χ2n) is 3.62. The maximum atomic E-state index is 11.3. The number of esters is 1. The normalized spacial score (nSPS) is 12.2. The topological polar surface area (TPSA) is 46.5 Å². The summed E-state index contributed by atoms with van der Waals surface area (Å²) in [5.41, 5.74) is 0.327. The van der Waals surface area contributed by atoms with Crippen LogP contribution in [0.1, 0.15) is 52.9 Å². The molecule has 0 unspecified atom stereocenters. The van der Waals surface area contributed by atoms with E-state index in [1.54, 1.807) is 13.8 Å². The molecule has 15 heavy (non-hydrogen) atoms. The smallest absolute Gasteiger partial charge is 0.337 e. The number of unbranched alkanes of at least 4 members (excludes halogenated alkanes) is 3. The Morgan fingerprint density at radius 1 is 1.20 bits per heavy atom. The SMILES string of the molecule is CCCCCCOC(=O)C(C)=C(O)CC. The van der Waals surface area contributed by atoms with Crippen LogP contribution in [-0.2, 0) is 9.53 Å². The van der Waals surface area contributed by atoms with Crippen molar-refractivity contribution in [3.05, 3.63) is 11.3 Å². The van der Waals surface area contributed by atoms with Gasteiger partial charge in [0.25, 0.3) is 0 Å². The summed E-state index contributed by atoms with van der Waals surface area (Å²) in [5, 5.41) is 9.32. The molecule has 0 atom stereocenters. The lowest BCUT2D eigenvalue weighted by Gasteiger charge is -2.06. The van der Waals surface area contributed by atoms with Gasteiger partial charge in [0, 0.05) is 6.42 Å². The zero-order chi connectivity index (χ0) is 11.7. The predicted molar refractivity (Wildman–Crippen MR) is 60.7 cm³/mol. The zero-order valence-electron chi connectivity index (χ0n) is 10.0. The Morgan fingerprint density at radius 3 is 2.40 bits per heavy atom. The lowest BCUT2D eigenvalue weighted by atomic mass is 10.2. The van der Waals surface area contributed by atoms with Crippen LogP contribution >= 0.6 is 0 Å². The first-order valence-corrected chi connectivity index (χ1v) is 5.69. The van der Waals surface area contributed by atoms with Crippen molar-refractivity contribution in [3.8, 4) is 0 Å². The molecule has 0 bridgehead atoms. The zero-order valence-corrected chi connectivity index (χ0v) is 10.0. The Hall–Kier alpha value is -0.990. The van der Waals surface area contributed by atoms with Crippen molar-refractivity contribution in [1.82, 2.24) is 0 Å². The fraction of sp³-hybridized carbons (Fsp3) is 0.750. The molecule has 0 aliphatic rings. The van der Waals surface area contributed by atoms with Crippen LogP contribution in [0.4, 0.5) is 0 Å². The van der Waals surface area contributed by atoms with Crippen molar-refractivity contribution >= 4 is 5.97 Å². The van der Waals surface area contributed by atoms with E-state index >= 15 is 0 Å². The van der Waals surface area contributed by atoms with Crippen molar-refractivity contribution in [2.75, 3.05) is 6.61 Å². The number of hydrogen-bond donors (Lipinski definition) is 1. The van der Waals surface area contributed by atoms with E-state index in [1.807, 2.05) is 0 Å². The van der Waals surface area contributed by atoms with Gasteiger partial charge in [-0.05, 0) is 13.3 Å². The van der Waals surface area contributed by atoms with E-state index in [4.69, 9.17) is 4.74 Å². The van der Waals surface area contributed by atoms with E-state index < -0.39 is 5.97 Å². The molecular weight excluding hydrogens is 192 g/mol. The summed E-state index contributed by atoms with van der Waals surface area (Å²) in [6, 6.07) is 0. The minimum absolute atomic E-state index is 0.119. The molecule has 0 rings (SSSR count).